The van der Waals surface area contributed by atoms with Crippen LogP contribution in [0.4, 0.5) is 4.79 Å². The molecular weight excluding hydrogens is 300 g/mol. The van der Waals surface area contributed by atoms with Crippen molar-refractivity contribution in [1.82, 2.24) is 10.6 Å². The highest BCUT2D eigenvalue weighted by atomic mass is 16.6. The van der Waals surface area contributed by atoms with Gasteiger partial charge in [0.15, 0.2) is 0 Å². The Kier molecular flexibility index (Phi) is 4.49. The van der Waals surface area contributed by atoms with E-state index >= 15 is 0 Å². The van der Waals surface area contributed by atoms with E-state index in [0.29, 0.717) is 5.56 Å². The maximum absolute atomic E-state index is 12.4. The zero-order valence-corrected chi connectivity index (χ0v) is 13.1. The van der Waals surface area contributed by atoms with Crippen LogP contribution in [-0.2, 0) is 19.1 Å². The Morgan fingerprint density at radius 1 is 1.00 bits per heavy atom. The number of hydrogen-bond acceptors (Lipinski definition) is 5. The molecule has 0 spiro atoms. The van der Waals surface area contributed by atoms with Crippen LogP contribution in [0.25, 0.3) is 0 Å². The number of urea groups is 1. The molecule has 7 nitrogen and oxygen atoms in total. The van der Waals surface area contributed by atoms with E-state index in [-0.39, 0.29) is 0 Å². The lowest BCUT2D eigenvalue weighted by atomic mass is 9.80. The second-order valence-electron chi connectivity index (χ2n) is 5.68. The molecule has 1 aromatic rings. The van der Waals surface area contributed by atoms with Gasteiger partial charge in [-0.2, -0.15) is 0 Å². The van der Waals surface area contributed by atoms with Gasteiger partial charge < -0.3 is 4.74 Å². The first-order valence-electron chi connectivity index (χ1n) is 7.23. The maximum atomic E-state index is 12.4. The van der Waals surface area contributed by atoms with Gasteiger partial charge in [0.05, 0.1) is 5.92 Å². The molecule has 1 heterocycles. The van der Waals surface area contributed by atoms with Crippen molar-refractivity contribution in [2.45, 2.75) is 32.3 Å². The van der Waals surface area contributed by atoms with Gasteiger partial charge in [0.1, 0.15) is 0 Å². The van der Waals surface area contributed by atoms with Gasteiger partial charge in [-0.3, -0.25) is 25.0 Å². The highest BCUT2D eigenvalue weighted by Gasteiger charge is 2.58. The zero-order valence-electron chi connectivity index (χ0n) is 13.1. The number of esters is 1. The van der Waals surface area contributed by atoms with Crippen molar-refractivity contribution in [3.05, 3.63) is 35.9 Å². The monoisotopic (exact) mass is 318 g/mol. The minimum atomic E-state index is -2.13. The molecule has 0 aromatic heterocycles. The molecule has 1 aliphatic heterocycles. The van der Waals surface area contributed by atoms with Crippen molar-refractivity contribution in [2.24, 2.45) is 5.92 Å². The van der Waals surface area contributed by atoms with Crippen LogP contribution in [0.15, 0.2) is 30.3 Å². The van der Waals surface area contributed by atoms with Crippen LogP contribution in [0.1, 0.15) is 32.3 Å². The predicted molar refractivity (Wildman–Crippen MR) is 80.2 cm³/mol. The van der Waals surface area contributed by atoms with E-state index < -0.39 is 41.3 Å². The van der Waals surface area contributed by atoms with E-state index in [4.69, 9.17) is 4.74 Å². The van der Waals surface area contributed by atoms with Gasteiger partial charge in [-0.05, 0) is 5.56 Å². The summed E-state index contributed by atoms with van der Waals surface area (Å²) in [6, 6.07) is 7.77. The third kappa shape index (κ3) is 2.94. The maximum Gasteiger partial charge on any atom is 0.328 e. The summed E-state index contributed by atoms with van der Waals surface area (Å²) in [5, 5.41) is 4.02. The van der Waals surface area contributed by atoms with Crippen molar-refractivity contribution < 1.29 is 23.9 Å². The molecule has 1 fully saturated rings. The molecule has 4 amide bonds. The molecule has 23 heavy (non-hydrogen) atoms. The van der Waals surface area contributed by atoms with Gasteiger partial charge in [-0.15, -0.1) is 0 Å². The molecule has 1 aliphatic rings. The summed E-state index contributed by atoms with van der Waals surface area (Å²) >= 11 is 0. The van der Waals surface area contributed by atoms with E-state index in [2.05, 4.69) is 0 Å². The predicted octanol–water partition coefficient (Wildman–Crippen LogP) is 1.09. The van der Waals surface area contributed by atoms with Crippen molar-refractivity contribution in [2.75, 3.05) is 0 Å². The topological polar surface area (TPSA) is 102 Å². The van der Waals surface area contributed by atoms with Gasteiger partial charge in [-0.25, -0.2) is 4.79 Å². The number of nitrogens with one attached hydrogen (secondary N) is 2. The van der Waals surface area contributed by atoms with Gasteiger partial charge >= 0.3 is 12.0 Å². The highest BCUT2D eigenvalue weighted by molar-refractivity contribution is 6.23. The van der Waals surface area contributed by atoms with Crippen LogP contribution < -0.4 is 10.6 Å². The molecule has 2 rings (SSSR count). The minimum absolute atomic E-state index is 0.534. The van der Waals surface area contributed by atoms with Gasteiger partial charge in [-0.1, -0.05) is 51.1 Å². The lowest BCUT2D eigenvalue weighted by molar-refractivity contribution is -0.180. The van der Waals surface area contributed by atoms with Crippen LogP contribution in [0.5, 0.6) is 0 Å². The summed E-state index contributed by atoms with van der Waals surface area (Å²) in [6.07, 6.45) is 0. The van der Waals surface area contributed by atoms with E-state index in [1.165, 1.54) is 0 Å². The summed E-state index contributed by atoms with van der Waals surface area (Å²) in [5.41, 5.74) is -1.50. The number of barbiturate groups is 1. The van der Waals surface area contributed by atoms with Gasteiger partial charge in [0.25, 0.3) is 17.4 Å². The smallest absolute Gasteiger partial charge is 0.328 e. The Morgan fingerprint density at radius 2 is 1.52 bits per heavy atom. The number of imide groups is 2. The zero-order chi connectivity index (χ0) is 17.2. The molecule has 2 N–H and O–H groups in total. The summed E-state index contributed by atoms with van der Waals surface area (Å²) in [7, 11) is 0. The van der Waals surface area contributed by atoms with Crippen LogP contribution in [0.3, 0.4) is 0 Å². The Hall–Kier alpha value is -2.70. The molecule has 0 saturated carbocycles. The Bertz CT molecular complexity index is 634. The normalized spacial score (nSPS) is 18.2. The van der Waals surface area contributed by atoms with Crippen LogP contribution in [0, 0.1) is 5.92 Å². The quantitative estimate of drug-likeness (QED) is 0.639. The largest absolute Gasteiger partial charge is 0.438 e. The van der Waals surface area contributed by atoms with Crippen molar-refractivity contribution in [3.8, 4) is 0 Å². The molecule has 7 heteroatoms. The van der Waals surface area contributed by atoms with Gasteiger partial charge in [0, 0.05) is 5.92 Å². The Morgan fingerprint density at radius 3 is 2.00 bits per heavy atom. The lowest BCUT2D eigenvalue weighted by Crippen LogP contribution is -2.70. The molecule has 0 radical (unpaired) electrons. The summed E-state index contributed by atoms with van der Waals surface area (Å²) in [4.78, 5) is 48.3. The SMILES string of the molecule is CC(C)C(=O)OC1(C(C)c2ccccc2)C(=O)NC(=O)NC1=O. The molecule has 1 aromatic carbocycles. The first-order chi connectivity index (χ1) is 10.8. The standard InChI is InChI=1S/C16H18N2O5/c1-9(2)12(19)23-16(10(3)11-7-5-4-6-8-11)13(20)17-15(22)18-14(16)21/h4-10H,1-3H3,(H2,17,18,20,21,22). The fraction of sp³-hybridized carbons (Fsp3) is 0.375. The Balaban J connectivity index is 2.51. The first kappa shape index (κ1) is 16.7. The molecule has 0 aliphatic carbocycles. The highest BCUT2D eigenvalue weighted by Crippen LogP contribution is 2.34. The molecule has 1 saturated heterocycles. The van der Waals surface area contributed by atoms with Crippen molar-refractivity contribution in [3.63, 3.8) is 0 Å². The van der Waals surface area contributed by atoms with Crippen LogP contribution in [-0.4, -0.2) is 29.4 Å². The second-order valence-corrected chi connectivity index (χ2v) is 5.68. The average molecular weight is 318 g/mol. The molecule has 122 valence electrons. The molecular formula is C16H18N2O5. The number of ether oxygens (including phenoxy) is 1. The van der Waals surface area contributed by atoms with Crippen molar-refractivity contribution in [1.29, 1.82) is 0 Å². The van der Waals surface area contributed by atoms with E-state index in [1.807, 2.05) is 10.6 Å². The number of amides is 4. The fourth-order valence-corrected chi connectivity index (χ4v) is 2.35. The van der Waals surface area contributed by atoms with Crippen LogP contribution >= 0.6 is 0 Å². The second kappa shape index (κ2) is 6.20. The number of carbonyl (C=O) groups is 4. The number of carbonyl (C=O) groups excluding carboxylic acids is 4. The lowest BCUT2D eigenvalue weighted by Gasteiger charge is -2.38. The van der Waals surface area contributed by atoms with Gasteiger partial charge in [0.2, 0.25) is 0 Å². The summed E-state index contributed by atoms with van der Waals surface area (Å²) < 4.78 is 5.31. The van der Waals surface area contributed by atoms with E-state index in [1.54, 1.807) is 51.1 Å². The number of rotatable bonds is 4. The first-order valence-corrected chi connectivity index (χ1v) is 7.23. The molecule has 1 atom stereocenters. The van der Waals surface area contributed by atoms with Crippen molar-refractivity contribution >= 4 is 23.8 Å². The summed E-state index contributed by atoms with van der Waals surface area (Å²) in [6.45, 7) is 4.78. The van der Waals surface area contributed by atoms with E-state index in [0.717, 1.165) is 0 Å². The number of benzene rings is 1. The third-order valence-corrected chi connectivity index (χ3v) is 3.77. The number of hydrogen-bond donors (Lipinski definition) is 2. The summed E-state index contributed by atoms with van der Waals surface area (Å²) in [5.74, 6) is -3.91. The minimum Gasteiger partial charge on any atom is -0.438 e. The fourth-order valence-electron chi connectivity index (χ4n) is 2.35. The third-order valence-electron chi connectivity index (χ3n) is 3.77. The molecule has 1 unspecified atom stereocenters. The van der Waals surface area contributed by atoms with E-state index in [9.17, 15) is 19.2 Å². The Labute approximate surface area is 133 Å². The average Bonchev–Trinajstić information content (AvgIpc) is 2.50. The van der Waals surface area contributed by atoms with Crippen LogP contribution in [0.2, 0.25) is 0 Å². The molecule has 0 bridgehead atoms.